The molecule has 0 aromatic carbocycles. The Hall–Kier alpha value is -0.950. The Bertz CT molecular complexity index is 431. The molecule has 2 heterocycles. The molecule has 1 N–H and O–H groups in total. The van der Waals surface area contributed by atoms with E-state index in [4.69, 9.17) is 0 Å². The topological polar surface area (TPSA) is 83.6 Å². The van der Waals surface area contributed by atoms with Gasteiger partial charge in [-0.15, -0.1) is 0 Å². The number of nitrogens with one attached hydrogen (secondary N) is 1. The third kappa shape index (κ3) is 2.10. The zero-order valence-corrected chi connectivity index (χ0v) is 9.79. The fraction of sp³-hybridized carbons (Fsp3) is 0.778. The van der Waals surface area contributed by atoms with Gasteiger partial charge in [-0.25, -0.2) is 8.42 Å². The summed E-state index contributed by atoms with van der Waals surface area (Å²) in [5.41, 5.74) is 0. The number of carbonyl (C=O) groups excluding carboxylic acids is 2. The number of likely N-dealkylation sites (N-methyl/N-ethyl adjacent to an activating group) is 1. The smallest absolute Gasteiger partial charge is 0.246 e. The molecular weight excluding hydrogens is 232 g/mol. The molecule has 0 spiro atoms. The maximum atomic E-state index is 11.6. The molecule has 2 saturated heterocycles. The van der Waals surface area contributed by atoms with Crippen LogP contribution in [0.2, 0.25) is 0 Å². The first-order valence-corrected chi connectivity index (χ1v) is 6.98. The van der Waals surface area contributed by atoms with Crippen LogP contribution >= 0.6 is 0 Å². The lowest BCUT2D eigenvalue weighted by atomic mass is 10.2. The normalized spacial score (nSPS) is 33.7. The van der Waals surface area contributed by atoms with Crippen LogP contribution in [0, 0.1) is 0 Å². The van der Waals surface area contributed by atoms with E-state index < -0.39 is 15.9 Å². The number of nitrogens with zero attached hydrogens (tertiary/aromatic N) is 1. The van der Waals surface area contributed by atoms with Gasteiger partial charge in [0.2, 0.25) is 11.8 Å². The molecule has 0 saturated carbocycles. The minimum atomic E-state index is -2.95. The molecule has 6 nitrogen and oxygen atoms in total. The SMILES string of the molecule is CN1C(=O)CC(NC2CCS(=O)(=O)C2)C1=O. The zero-order valence-electron chi connectivity index (χ0n) is 8.97. The van der Waals surface area contributed by atoms with Crippen molar-refractivity contribution in [1.82, 2.24) is 10.2 Å². The molecule has 2 rings (SSSR count). The highest BCUT2D eigenvalue weighted by Crippen LogP contribution is 2.16. The quantitative estimate of drug-likeness (QED) is 0.601. The highest BCUT2D eigenvalue weighted by Gasteiger charge is 2.39. The average molecular weight is 246 g/mol. The maximum absolute atomic E-state index is 11.6. The molecule has 0 radical (unpaired) electrons. The first kappa shape index (κ1) is 11.5. The number of carbonyl (C=O) groups is 2. The molecule has 2 amide bonds. The number of likely N-dealkylation sites (tertiary alicyclic amines) is 1. The summed E-state index contributed by atoms with van der Waals surface area (Å²) in [6.45, 7) is 0. The highest BCUT2D eigenvalue weighted by atomic mass is 32.2. The number of hydrogen-bond acceptors (Lipinski definition) is 5. The Kier molecular flexibility index (Phi) is 2.75. The molecule has 2 aliphatic rings. The highest BCUT2D eigenvalue weighted by molar-refractivity contribution is 7.91. The van der Waals surface area contributed by atoms with E-state index in [1.165, 1.54) is 7.05 Å². The second-order valence-electron chi connectivity index (χ2n) is 4.31. The van der Waals surface area contributed by atoms with Gasteiger partial charge in [0, 0.05) is 13.1 Å². The van der Waals surface area contributed by atoms with Gasteiger partial charge < -0.3 is 5.32 Å². The van der Waals surface area contributed by atoms with E-state index in [0.717, 1.165) is 4.90 Å². The fourth-order valence-electron chi connectivity index (χ4n) is 2.10. The van der Waals surface area contributed by atoms with E-state index in [1.807, 2.05) is 0 Å². The summed E-state index contributed by atoms with van der Waals surface area (Å²) < 4.78 is 22.4. The van der Waals surface area contributed by atoms with Gasteiger partial charge in [-0.3, -0.25) is 14.5 Å². The molecule has 0 aliphatic carbocycles. The second kappa shape index (κ2) is 3.81. The predicted molar refractivity (Wildman–Crippen MR) is 56.4 cm³/mol. The van der Waals surface area contributed by atoms with Crippen molar-refractivity contribution in [3.05, 3.63) is 0 Å². The van der Waals surface area contributed by atoms with E-state index in [2.05, 4.69) is 5.32 Å². The van der Waals surface area contributed by atoms with Crippen LogP contribution in [0.4, 0.5) is 0 Å². The van der Waals surface area contributed by atoms with Gasteiger partial charge in [-0.2, -0.15) is 0 Å². The summed E-state index contributed by atoms with van der Waals surface area (Å²) in [5.74, 6) is -0.262. The van der Waals surface area contributed by atoms with Crippen molar-refractivity contribution < 1.29 is 18.0 Å². The number of amides is 2. The van der Waals surface area contributed by atoms with E-state index in [0.29, 0.717) is 6.42 Å². The van der Waals surface area contributed by atoms with Crippen molar-refractivity contribution in [3.63, 3.8) is 0 Å². The lowest BCUT2D eigenvalue weighted by molar-refractivity contribution is -0.137. The Morgan fingerprint density at radius 1 is 1.38 bits per heavy atom. The minimum absolute atomic E-state index is 0.0642. The van der Waals surface area contributed by atoms with Crippen molar-refractivity contribution in [2.24, 2.45) is 0 Å². The Morgan fingerprint density at radius 3 is 2.50 bits per heavy atom. The standard InChI is InChI=1S/C9H14N2O4S/c1-11-8(12)4-7(9(11)13)10-6-2-3-16(14,15)5-6/h6-7,10H,2-5H2,1H3. The monoisotopic (exact) mass is 246 g/mol. The molecule has 90 valence electrons. The Labute approximate surface area is 93.9 Å². The van der Waals surface area contributed by atoms with Crippen LogP contribution in [0.5, 0.6) is 0 Å². The number of imide groups is 1. The molecular formula is C9H14N2O4S. The molecule has 2 unspecified atom stereocenters. The minimum Gasteiger partial charge on any atom is -0.302 e. The van der Waals surface area contributed by atoms with E-state index in [9.17, 15) is 18.0 Å². The summed E-state index contributed by atoms with van der Waals surface area (Å²) in [5, 5.41) is 2.95. The summed E-state index contributed by atoms with van der Waals surface area (Å²) in [6.07, 6.45) is 0.649. The van der Waals surface area contributed by atoms with Gasteiger partial charge in [-0.1, -0.05) is 0 Å². The van der Waals surface area contributed by atoms with Crippen LogP contribution < -0.4 is 5.32 Å². The number of hydrogen-bond donors (Lipinski definition) is 1. The van der Waals surface area contributed by atoms with Crippen LogP contribution in [0.25, 0.3) is 0 Å². The number of sulfone groups is 1. The molecule has 7 heteroatoms. The van der Waals surface area contributed by atoms with E-state index in [1.54, 1.807) is 0 Å². The second-order valence-corrected chi connectivity index (χ2v) is 6.54. The maximum Gasteiger partial charge on any atom is 0.246 e. The van der Waals surface area contributed by atoms with E-state index >= 15 is 0 Å². The van der Waals surface area contributed by atoms with Gasteiger partial charge >= 0.3 is 0 Å². The lowest BCUT2D eigenvalue weighted by Crippen LogP contribution is -2.43. The first-order chi connectivity index (χ1) is 7.39. The van der Waals surface area contributed by atoms with Crippen LogP contribution in [0.1, 0.15) is 12.8 Å². The van der Waals surface area contributed by atoms with Crippen molar-refractivity contribution in [2.75, 3.05) is 18.6 Å². The van der Waals surface area contributed by atoms with Gasteiger partial charge in [-0.05, 0) is 6.42 Å². The van der Waals surface area contributed by atoms with Crippen molar-refractivity contribution in [3.8, 4) is 0 Å². The number of rotatable bonds is 2. The molecule has 2 atom stereocenters. The molecule has 2 fully saturated rings. The van der Waals surface area contributed by atoms with Crippen LogP contribution in [0.15, 0.2) is 0 Å². The summed E-state index contributed by atoms with van der Waals surface area (Å²) >= 11 is 0. The molecule has 0 aromatic heterocycles. The van der Waals surface area contributed by atoms with Crippen LogP contribution in [-0.4, -0.2) is 55.8 Å². The van der Waals surface area contributed by atoms with Crippen molar-refractivity contribution >= 4 is 21.7 Å². The predicted octanol–water partition coefficient (Wildman–Crippen LogP) is -1.48. The van der Waals surface area contributed by atoms with E-state index in [-0.39, 0.29) is 35.8 Å². The zero-order chi connectivity index (χ0) is 11.9. The summed E-state index contributed by atoms with van der Waals surface area (Å²) in [7, 11) is -1.51. The molecule has 0 bridgehead atoms. The van der Waals surface area contributed by atoms with Gasteiger partial charge in [0.1, 0.15) is 0 Å². The summed E-state index contributed by atoms with van der Waals surface area (Å²) in [4.78, 5) is 23.9. The lowest BCUT2D eigenvalue weighted by Gasteiger charge is -2.15. The van der Waals surface area contributed by atoms with Gasteiger partial charge in [0.05, 0.1) is 24.0 Å². The third-order valence-corrected chi connectivity index (χ3v) is 4.82. The van der Waals surface area contributed by atoms with Gasteiger partial charge in [0.25, 0.3) is 0 Å². The van der Waals surface area contributed by atoms with Gasteiger partial charge in [0.15, 0.2) is 9.84 Å². The third-order valence-electron chi connectivity index (χ3n) is 3.05. The first-order valence-electron chi connectivity index (χ1n) is 5.16. The van der Waals surface area contributed by atoms with Crippen LogP contribution in [-0.2, 0) is 19.4 Å². The molecule has 16 heavy (non-hydrogen) atoms. The average Bonchev–Trinajstić information content (AvgIpc) is 2.64. The van der Waals surface area contributed by atoms with Crippen molar-refractivity contribution in [2.45, 2.75) is 24.9 Å². The largest absolute Gasteiger partial charge is 0.302 e. The Balaban J connectivity index is 1.97. The molecule has 0 aromatic rings. The Morgan fingerprint density at radius 2 is 2.06 bits per heavy atom. The fourth-order valence-corrected chi connectivity index (χ4v) is 3.78. The summed E-state index contributed by atoms with van der Waals surface area (Å²) in [6, 6.07) is -0.742. The van der Waals surface area contributed by atoms with Crippen molar-refractivity contribution in [1.29, 1.82) is 0 Å². The van der Waals surface area contributed by atoms with Crippen LogP contribution in [0.3, 0.4) is 0 Å². The molecule has 2 aliphatic heterocycles.